The van der Waals surface area contributed by atoms with Gasteiger partial charge >= 0.3 is 0 Å². The molecular formula is C15H20ClN3. The van der Waals surface area contributed by atoms with Gasteiger partial charge in [-0.2, -0.15) is 5.10 Å². The molecule has 0 saturated carbocycles. The molecule has 102 valence electrons. The summed E-state index contributed by atoms with van der Waals surface area (Å²) in [5.74, 6) is 0. The van der Waals surface area contributed by atoms with E-state index in [0.717, 1.165) is 19.3 Å². The molecule has 1 atom stereocenters. The molecule has 1 heterocycles. The number of aromatic nitrogens is 2. The predicted octanol–water partition coefficient (Wildman–Crippen LogP) is 3.25. The molecule has 2 N–H and O–H groups in total. The van der Waals surface area contributed by atoms with E-state index in [9.17, 15) is 0 Å². The highest BCUT2D eigenvalue weighted by Crippen LogP contribution is 2.30. The Labute approximate surface area is 120 Å². The van der Waals surface area contributed by atoms with Crippen LogP contribution < -0.4 is 5.73 Å². The Kier molecular flexibility index (Phi) is 3.97. The molecule has 1 aliphatic rings. The SMILES string of the molecule is Cc1cccc(-n2ncc3c2CCCC3N)c1C.Cl. The van der Waals surface area contributed by atoms with Crippen LogP contribution in [0, 0.1) is 13.8 Å². The molecule has 0 aliphatic heterocycles. The van der Waals surface area contributed by atoms with Crippen LogP contribution >= 0.6 is 12.4 Å². The van der Waals surface area contributed by atoms with Gasteiger partial charge in [0.15, 0.2) is 0 Å². The van der Waals surface area contributed by atoms with Crippen molar-refractivity contribution in [2.24, 2.45) is 5.73 Å². The van der Waals surface area contributed by atoms with E-state index in [1.807, 2.05) is 6.20 Å². The van der Waals surface area contributed by atoms with Crippen molar-refractivity contribution < 1.29 is 0 Å². The van der Waals surface area contributed by atoms with E-state index >= 15 is 0 Å². The average molecular weight is 278 g/mol. The van der Waals surface area contributed by atoms with Gasteiger partial charge < -0.3 is 5.73 Å². The number of hydrogen-bond acceptors (Lipinski definition) is 2. The van der Waals surface area contributed by atoms with E-state index in [-0.39, 0.29) is 18.4 Å². The van der Waals surface area contributed by atoms with Gasteiger partial charge in [-0.3, -0.25) is 0 Å². The largest absolute Gasteiger partial charge is 0.324 e. The summed E-state index contributed by atoms with van der Waals surface area (Å²) in [5.41, 5.74) is 12.5. The normalized spacial score (nSPS) is 17.7. The number of aryl methyl sites for hydroxylation is 1. The Morgan fingerprint density at radius 3 is 2.89 bits per heavy atom. The van der Waals surface area contributed by atoms with Crippen molar-refractivity contribution >= 4 is 12.4 Å². The second-order valence-corrected chi connectivity index (χ2v) is 5.18. The van der Waals surface area contributed by atoms with Crippen molar-refractivity contribution in [2.75, 3.05) is 0 Å². The number of rotatable bonds is 1. The maximum Gasteiger partial charge on any atom is 0.0680 e. The Balaban J connectivity index is 0.00000133. The summed E-state index contributed by atoms with van der Waals surface area (Å²) in [7, 11) is 0. The van der Waals surface area contributed by atoms with Crippen molar-refractivity contribution in [3.05, 3.63) is 46.8 Å². The molecule has 0 radical (unpaired) electrons. The highest BCUT2D eigenvalue weighted by Gasteiger charge is 2.22. The molecule has 1 aromatic carbocycles. The zero-order valence-electron chi connectivity index (χ0n) is 11.4. The Hall–Kier alpha value is -1.32. The third-order valence-electron chi connectivity index (χ3n) is 4.03. The second kappa shape index (κ2) is 5.35. The van der Waals surface area contributed by atoms with Gasteiger partial charge in [0.25, 0.3) is 0 Å². The zero-order chi connectivity index (χ0) is 12.7. The van der Waals surface area contributed by atoms with E-state index in [2.05, 4.69) is 41.8 Å². The maximum absolute atomic E-state index is 6.15. The fourth-order valence-electron chi connectivity index (χ4n) is 2.76. The molecule has 4 heteroatoms. The summed E-state index contributed by atoms with van der Waals surface area (Å²) >= 11 is 0. The third-order valence-corrected chi connectivity index (χ3v) is 4.03. The summed E-state index contributed by atoms with van der Waals surface area (Å²) in [6, 6.07) is 6.53. The number of fused-ring (bicyclic) bond motifs is 1. The first kappa shape index (κ1) is 14.1. The summed E-state index contributed by atoms with van der Waals surface area (Å²) in [6.07, 6.45) is 5.26. The lowest BCUT2D eigenvalue weighted by Crippen LogP contribution is -2.18. The number of benzene rings is 1. The fourth-order valence-corrected chi connectivity index (χ4v) is 2.76. The van der Waals surface area contributed by atoms with E-state index in [1.165, 1.54) is 28.1 Å². The van der Waals surface area contributed by atoms with Gasteiger partial charge in [-0.15, -0.1) is 12.4 Å². The second-order valence-electron chi connectivity index (χ2n) is 5.18. The molecular weight excluding hydrogens is 258 g/mol. The summed E-state index contributed by atoms with van der Waals surface area (Å²) in [5, 5.41) is 4.56. The minimum Gasteiger partial charge on any atom is -0.324 e. The molecule has 2 aromatic rings. The lowest BCUT2D eigenvalue weighted by atomic mass is 9.93. The van der Waals surface area contributed by atoms with Crippen molar-refractivity contribution in [3.8, 4) is 5.69 Å². The van der Waals surface area contributed by atoms with Gasteiger partial charge in [-0.25, -0.2) is 4.68 Å². The van der Waals surface area contributed by atoms with Gasteiger partial charge in [-0.05, 0) is 50.3 Å². The van der Waals surface area contributed by atoms with Crippen LogP contribution in [-0.2, 0) is 6.42 Å². The Morgan fingerprint density at radius 1 is 1.32 bits per heavy atom. The Bertz CT molecular complexity index is 589. The quantitative estimate of drug-likeness (QED) is 0.870. The third kappa shape index (κ3) is 2.28. The summed E-state index contributed by atoms with van der Waals surface area (Å²) < 4.78 is 2.08. The number of hydrogen-bond donors (Lipinski definition) is 1. The Morgan fingerprint density at radius 2 is 2.11 bits per heavy atom. The first-order chi connectivity index (χ1) is 8.68. The van der Waals surface area contributed by atoms with Crippen molar-refractivity contribution in [3.63, 3.8) is 0 Å². The molecule has 0 spiro atoms. The van der Waals surface area contributed by atoms with Gasteiger partial charge in [0.05, 0.1) is 11.9 Å². The van der Waals surface area contributed by atoms with E-state index in [4.69, 9.17) is 5.73 Å². The standard InChI is InChI=1S/C15H19N3.ClH/c1-10-5-3-7-14(11(10)2)18-15-8-4-6-13(16)12(15)9-17-18;/h3,5,7,9,13H,4,6,8,16H2,1-2H3;1H. The van der Waals surface area contributed by atoms with Crippen LogP contribution in [0.4, 0.5) is 0 Å². The lowest BCUT2D eigenvalue weighted by Gasteiger charge is -2.20. The van der Waals surface area contributed by atoms with Gasteiger partial charge in [0, 0.05) is 17.3 Å². The monoisotopic (exact) mass is 277 g/mol. The van der Waals surface area contributed by atoms with Crippen molar-refractivity contribution in [2.45, 2.75) is 39.2 Å². The number of halogens is 1. The average Bonchev–Trinajstić information content (AvgIpc) is 2.78. The molecule has 1 aromatic heterocycles. The highest BCUT2D eigenvalue weighted by atomic mass is 35.5. The summed E-state index contributed by atoms with van der Waals surface area (Å²) in [4.78, 5) is 0. The van der Waals surface area contributed by atoms with Crippen molar-refractivity contribution in [1.82, 2.24) is 9.78 Å². The minimum absolute atomic E-state index is 0. The lowest BCUT2D eigenvalue weighted by molar-refractivity contribution is 0.557. The van der Waals surface area contributed by atoms with E-state index in [0.29, 0.717) is 0 Å². The van der Waals surface area contributed by atoms with Crippen LogP contribution in [0.15, 0.2) is 24.4 Å². The summed E-state index contributed by atoms with van der Waals surface area (Å²) in [6.45, 7) is 4.29. The number of nitrogens with zero attached hydrogens (tertiary/aromatic N) is 2. The molecule has 0 fully saturated rings. The van der Waals surface area contributed by atoms with Gasteiger partial charge in [-0.1, -0.05) is 12.1 Å². The zero-order valence-corrected chi connectivity index (χ0v) is 12.2. The van der Waals surface area contributed by atoms with E-state index in [1.54, 1.807) is 0 Å². The van der Waals surface area contributed by atoms with Crippen LogP contribution in [0.2, 0.25) is 0 Å². The molecule has 0 bridgehead atoms. The predicted molar refractivity (Wildman–Crippen MR) is 80.2 cm³/mol. The van der Waals surface area contributed by atoms with Crippen LogP contribution in [0.1, 0.15) is 41.3 Å². The van der Waals surface area contributed by atoms with Crippen molar-refractivity contribution in [1.29, 1.82) is 0 Å². The molecule has 1 unspecified atom stereocenters. The first-order valence-electron chi connectivity index (χ1n) is 6.57. The molecule has 1 aliphatic carbocycles. The molecule has 0 saturated heterocycles. The molecule has 19 heavy (non-hydrogen) atoms. The minimum atomic E-state index is 0. The first-order valence-corrected chi connectivity index (χ1v) is 6.57. The van der Waals surface area contributed by atoms with Gasteiger partial charge in [0.2, 0.25) is 0 Å². The molecule has 3 nitrogen and oxygen atoms in total. The van der Waals surface area contributed by atoms with Crippen LogP contribution in [0.5, 0.6) is 0 Å². The molecule has 0 amide bonds. The molecule has 3 rings (SSSR count). The number of nitrogens with two attached hydrogens (primary N) is 1. The maximum atomic E-state index is 6.15. The van der Waals surface area contributed by atoms with Gasteiger partial charge in [0.1, 0.15) is 0 Å². The fraction of sp³-hybridized carbons (Fsp3) is 0.400. The van der Waals surface area contributed by atoms with Crippen LogP contribution in [-0.4, -0.2) is 9.78 Å². The van der Waals surface area contributed by atoms with Crippen LogP contribution in [0.3, 0.4) is 0 Å². The smallest absolute Gasteiger partial charge is 0.0680 e. The highest BCUT2D eigenvalue weighted by molar-refractivity contribution is 5.85. The van der Waals surface area contributed by atoms with Crippen LogP contribution in [0.25, 0.3) is 5.69 Å². The van der Waals surface area contributed by atoms with E-state index < -0.39 is 0 Å². The topological polar surface area (TPSA) is 43.8 Å².